The van der Waals surface area contributed by atoms with Gasteiger partial charge >= 0.3 is 0 Å². The smallest absolute Gasteiger partial charge is 0.255 e. The van der Waals surface area contributed by atoms with E-state index in [-0.39, 0.29) is 18.1 Å². The van der Waals surface area contributed by atoms with E-state index in [0.717, 1.165) is 50.1 Å². The maximum atomic E-state index is 12.8. The number of pyridine rings is 1. The van der Waals surface area contributed by atoms with Crippen LogP contribution in [-0.4, -0.2) is 41.3 Å². The molecule has 0 atom stereocenters. The van der Waals surface area contributed by atoms with Crippen LogP contribution in [0.5, 0.6) is 5.88 Å². The van der Waals surface area contributed by atoms with E-state index in [9.17, 15) is 9.90 Å². The Hall–Kier alpha value is -2.60. The van der Waals surface area contributed by atoms with Gasteiger partial charge in [0, 0.05) is 30.9 Å². The molecular weight excluding hydrogens is 342 g/mol. The second kappa shape index (κ2) is 7.96. The van der Waals surface area contributed by atoms with Crippen LogP contribution in [0, 0.1) is 0 Å². The van der Waals surface area contributed by atoms with Crippen molar-refractivity contribution in [3.8, 4) is 5.88 Å². The van der Waals surface area contributed by atoms with Crippen molar-refractivity contribution in [3.63, 3.8) is 0 Å². The highest BCUT2D eigenvalue weighted by Gasteiger charge is 2.21. The van der Waals surface area contributed by atoms with E-state index in [1.807, 2.05) is 24.3 Å². The molecule has 2 aliphatic rings. The number of rotatable bonds is 5. The van der Waals surface area contributed by atoms with Gasteiger partial charge in [0.1, 0.15) is 6.10 Å². The van der Waals surface area contributed by atoms with E-state index in [2.05, 4.69) is 15.2 Å². The third kappa shape index (κ3) is 4.22. The Kier molecular flexibility index (Phi) is 5.25. The number of nitrogens with zero attached hydrogens (tertiary/aromatic N) is 2. The van der Waals surface area contributed by atoms with Gasteiger partial charge in [0.2, 0.25) is 5.88 Å². The molecule has 1 saturated heterocycles. The van der Waals surface area contributed by atoms with Crippen LogP contribution in [0.3, 0.4) is 0 Å². The summed E-state index contributed by atoms with van der Waals surface area (Å²) in [5, 5.41) is 12.8. The summed E-state index contributed by atoms with van der Waals surface area (Å²) in [7, 11) is 0. The summed E-state index contributed by atoms with van der Waals surface area (Å²) in [6.07, 6.45) is 6.39. The molecular formula is C21H25N3O3. The maximum Gasteiger partial charge on any atom is 0.255 e. The summed E-state index contributed by atoms with van der Waals surface area (Å²) in [6.45, 7) is 1.56. The lowest BCUT2D eigenvalue weighted by atomic mass is 9.96. The number of carbonyl (C=O) groups is 1. The maximum absolute atomic E-state index is 12.8. The van der Waals surface area contributed by atoms with Crippen LogP contribution in [0.25, 0.3) is 0 Å². The van der Waals surface area contributed by atoms with Gasteiger partial charge in [0.05, 0.1) is 17.5 Å². The predicted octanol–water partition coefficient (Wildman–Crippen LogP) is 3.23. The molecule has 1 aliphatic heterocycles. The van der Waals surface area contributed by atoms with Crippen molar-refractivity contribution in [1.82, 2.24) is 4.98 Å². The summed E-state index contributed by atoms with van der Waals surface area (Å²) < 4.78 is 5.80. The van der Waals surface area contributed by atoms with Crippen molar-refractivity contribution < 1.29 is 14.6 Å². The van der Waals surface area contributed by atoms with E-state index >= 15 is 0 Å². The Morgan fingerprint density at radius 1 is 1.15 bits per heavy atom. The fourth-order valence-corrected chi connectivity index (χ4v) is 3.43. The number of anilines is 2. The number of carbonyl (C=O) groups excluding carboxylic acids is 1. The third-order valence-corrected chi connectivity index (χ3v) is 5.29. The largest absolute Gasteiger partial charge is 0.474 e. The average molecular weight is 367 g/mol. The number of aliphatic hydroxyl groups is 1. The van der Waals surface area contributed by atoms with Crippen LogP contribution in [0.1, 0.15) is 42.5 Å². The fourth-order valence-electron chi connectivity index (χ4n) is 3.43. The molecule has 1 amide bonds. The fraction of sp³-hybridized carbons (Fsp3) is 0.429. The van der Waals surface area contributed by atoms with Gasteiger partial charge in [-0.3, -0.25) is 4.79 Å². The van der Waals surface area contributed by atoms with Crippen molar-refractivity contribution in [2.24, 2.45) is 0 Å². The Morgan fingerprint density at radius 3 is 2.67 bits per heavy atom. The van der Waals surface area contributed by atoms with Crippen molar-refractivity contribution in [2.45, 2.75) is 44.3 Å². The first-order valence-electron chi connectivity index (χ1n) is 9.65. The molecule has 1 aliphatic carbocycles. The zero-order valence-corrected chi connectivity index (χ0v) is 15.3. The molecule has 2 aromatic rings. The number of aromatic nitrogens is 1. The lowest BCUT2D eigenvalue weighted by molar-refractivity contribution is 0.101. The summed E-state index contributed by atoms with van der Waals surface area (Å²) in [5.41, 5.74) is 2.29. The van der Waals surface area contributed by atoms with Gasteiger partial charge in [0.25, 0.3) is 5.91 Å². The van der Waals surface area contributed by atoms with E-state index in [1.165, 1.54) is 6.42 Å². The van der Waals surface area contributed by atoms with Gasteiger partial charge in [-0.25, -0.2) is 4.98 Å². The molecule has 2 N–H and O–H groups in total. The second-order valence-corrected chi connectivity index (χ2v) is 7.24. The SMILES string of the molecule is O=C(Nc1ccccc1N1CCC(O)CC1)c1ccnc(OC2CCC2)c1. The standard InChI is InChI=1S/C21H25N3O3/c25-16-9-12-24(13-10-16)19-7-2-1-6-18(19)23-21(26)15-8-11-22-20(14-15)27-17-4-3-5-17/h1-2,6-8,11,14,16-17,25H,3-5,9-10,12-13H2,(H,23,26). The summed E-state index contributed by atoms with van der Waals surface area (Å²) in [5.74, 6) is 0.325. The molecule has 6 heteroatoms. The molecule has 0 radical (unpaired) electrons. The Labute approximate surface area is 159 Å². The third-order valence-electron chi connectivity index (χ3n) is 5.29. The molecule has 2 fully saturated rings. The highest BCUT2D eigenvalue weighted by atomic mass is 16.5. The number of hydrogen-bond acceptors (Lipinski definition) is 5. The molecule has 2 heterocycles. The molecule has 0 unspecified atom stereocenters. The number of piperidine rings is 1. The molecule has 0 bridgehead atoms. The Morgan fingerprint density at radius 2 is 1.93 bits per heavy atom. The number of amides is 1. The average Bonchev–Trinajstić information content (AvgIpc) is 2.66. The van der Waals surface area contributed by atoms with Crippen LogP contribution >= 0.6 is 0 Å². The van der Waals surface area contributed by atoms with Crippen molar-refractivity contribution in [1.29, 1.82) is 0 Å². The Balaban J connectivity index is 1.47. The van der Waals surface area contributed by atoms with Crippen LogP contribution in [0.2, 0.25) is 0 Å². The van der Waals surface area contributed by atoms with Crippen molar-refractivity contribution in [2.75, 3.05) is 23.3 Å². The minimum absolute atomic E-state index is 0.180. The Bertz CT molecular complexity index is 799. The number of benzene rings is 1. The molecule has 0 spiro atoms. The van der Waals surface area contributed by atoms with Crippen molar-refractivity contribution >= 4 is 17.3 Å². The minimum atomic E-state index is -0.228. The van der Waals surface area contributed by atoms with Crippen molar-refractivity contribution in [3.05, 3.63) is 48.2 Å². The lowest BCUT2D eigenvalue weighted by Gasteiger charge is -2.32. The van der Waals surface area contributed by atoms with Crippen LogP contribution in [0.4, 0.5) is 11.4 Å². The van der Waals surface area contributed by atoms with Gasteiger partial charge in [0.15, 0.2) is 0 Å². The number of ether oxygens (including phenoxy) is 1. The van der Waals surface area contributed by atoms with Gasteiger partial charge in [-0.05, 0) is 50.3 Å². The summed E-state index contributed by atoms with van der Waals surface area (Å²) in [6, 6.07) is 11.2. The molecule has 1 aromatic heterocycles. The van der Waals surface area contributed by atoms with E-state index in [0.29, 0.717) is 11.4 Å². The monoisotopic (exact) mass is 367 g/mol. The van der Waals surface area contributed by atoms with E-state index in [1.54, 1.807) is 18.3 Å². The quantitative estimate of drug-likeness (QED) is 0.849. The number of nitrogens with one attached hydrogen (secondary N) is 1. The summed E-state index contributed by atoms with van der Waals surface area (Å²) >= 11 is 0. The van der Waals surface area contributed by atoms with Gasteiger partial charge in [-0.1, -0.05) is 12.1 Å². The predicted molar refractivity (Wildman–Crippen MR) is 104 cm³/mol. The topological polar surface area (TPSA) is 74.7 Å². The number of hydrogen-bond donors (Lipinski definition) is 2. The van der Waals surface area contributed by atoms with Gasteiger partial charge in [-0.2, -0.15) is 0 Å². The second-order valence-electron chi connectivity index (χ2n) is 7.24. The molecule has 4 rings (SSSR count). The van der Waals surface area contributed by atoms with Gasteiger partial charge < -0.3 is 20.1 Å². The van der Waals surface area contributed by atoms with E-state index < -0.39 is 0 Å². The van der Waals surface area contributed by atoms with Crippen LogP contribution in [-0.2, 0) is 0 Å². The normalized spacial score (nSPS) is 18.0. The molecule has 142 valence electrons. The first kappa shape index (κ1) is 17.8. The van der Waals surface area contributed by atoms with E-state index in [4.69, 9.17) is 4.74 Å². The number of aliphatic hydroxyl groups excluding tert-OH is 1. The number of para-hydroxylation sites is 2. The van der Waals surface area contributed by atoms with Gasteiger partial charge in [-0.15, -0.1) is 0 Å². The molecule has 1 aromatic carbocycles. The van der Waals surface area contributed by atoms with Crippen LogP contribution in [0.15, 0.2) is 42.6 Å². The minimum Gasteiger partial charge on any atom is -0.474 e. The van der Waals surface area contributed by atoms with Crippen LogP contribution < -0.4 is 15.0 Å². The molecule has 27 heavy (non-hydrogen) atoms. The zero-order chi connectivity index (χ0) is 18.6. The first-order chi connectivity index (χ1) is 13.2. The lowest BCUT2D eigenvalue weighted by Crippen LogP contribution is -2.36. The summed E-state index contributed by atoms with van der Waals surface area (Å²) in [4.78, 5) is 19.2. The highest BCUT2D eigenvalue weighted by molar-refractivity contribution is 6.06. The zero-order valence-electron chi connectivity index (χ0n) is 15.3. The molecule has 1 saturated carbocycles. The highest BCUT2D eigenvalue weighted by Crippen LogP contribution is 2.29. The first-order valence-corrected chi connectivity index (χ1v) is 9.65. The molecule has 6 nitrogen and oxygen atoms in total.